The third kappa shape index (κ3) is 4.76. The number of nitrogens with zero attached hydrogens (tertiary/aromatic N) is 1. The molecule has 2 aliphatic rings. The minimum absolute atomic E-state index is 0.438. The standard InChI is InChI=1S/C61H37NS/c1-2-16-45-43(14-1)44-15-3-4-17-46(44)54-36-40(32-34-47(45)54)62(39-30-28-38(29-31-39)42-22-13-23-53-52-21-8-12-27-59(52)63-60(42)53)41-33-35-51-50-20-7-11-26-57(50)61(58(51)37-41)55-24-9-5-18-48(55)49-19-6-10-25-56(49)61/h1-37H. The predicted molar refractivity (Wildman–Crippen MR) is 268 cm³/mol. The molecule has 1 aromatic heterocycles. The molecule has 0 bridgehead atoms. The Morgan fingerprint density at radius 2 is 0.730 bits per heavy atom. The average Bonchev–Trinajstić information content (AvgIpc) is 3.99. The average molecular weight is 816 g/mol. The van der Waals surface area contributed by atoms with Crippen LogP contribution in [0.25, 0.3) is 85.9 Å². The molecule has 0 atom stereocenters. The van der Waals surface area contributed by atoms with Gasteiger partial charge in [0, 0.05) is 37.2 Å². The van der Waals surface area contributed by atoms with E-state index in [-0.39, 0.29) is 0 Å². The number of hydrogen-bond donors (Lipinski definition) is 0. The van der Waals surface area contributed by atoms with Crippen molar-refractivity contribution in [3.63, 3.8) is 0 Å². The first-order valence-electron chi connectivity index (χ1n) is 21.8. The van der Waals surface area contributed by atoms with Crippen LogP contribution in [-0.4, -0.2) is 0 Å². The van der Waals surface area contributed by atoms with E-state index >= 15 is 0 Å². The highest BCUT2D eigenvalue weighted by atomic mass is 32.1. The second-order valence-electron chi connectivity index (χ2n) is 17.1. The van der Waals surface area contributed by atoms with E-state index in [0.29, 0.717) is 0 Å². The van der Waals surface area contributed by atoms with Crippen LogP contribution in [0.15, 0.2) is 224 Å². The second kappa shape index (κ2) is 13.1. The second-order valence-corrected chi connectivity index (χ2v) is 18.2. The lowest BCUT2D eigenvalue weighted by Gasteiger charge is -2.32. The van der Waals surface area contributed by atoms with E-state index in [1.807, 2.05) is 11.3 Å². The molecular formula is C61H37NS. The van der Waals surface area contributed by atoms with Crippen molar-refractivity contribution in [2.24, 2.45) is 0 Å². The van der Waals surface area contributed by atoms with Gasteiger partial charge in [-0.05, 0) is 130 Å². The quantitative estimate of drug-likeness (QED) is 0.160. The van der Waals surface area contributed by atoms with E-state index in [0.717, 1.165) is 17.1 Å². The number of anilines is 3. The van der Waals surface area contributed by atoms with Gasteiger partial charge in [-0.1, -0.05) is 182 Å². The van der Waals surface area contributed by atoms with Crippen LogP contribution >= 0.6 is 11.3 Å². The molecule has 63 heavy (non-hydrogen) atoms. The molecule has 0 N–H and O–H groups in total. The lowest BCUT2D eigenvalue weighted by Crippen LogP contribution is -2.26. The van der Waals surface area contributed by atoms with Gasteiger partial charge in [0.15, 0.2) is 0 Å². The maximum absolute atomic E-state index is 2.50. The minimum Gasteiger partial charge on any atom is -0.310 e. The highest BCUT2D eigenvalue weighted by molar-refractivity contribution is 7.26. The summed E-state index contributed by atoms with van der Waals surface area (Å²) in [6.45, 7) is 0. The topological polar surface area (TPSA) is 3.24 Å². The summed E-state index contributed by atoms with van der Waals surface area (Å²) in [4.78, 5) is 2.48. The molecule has 1 spiro atoms. The molecule has 2 aliphatic carbocycles. The zero-order chi connectivity index (χ0) is 41.2. The summed E-state index contributed by atoms with van der Waals surface area (Å²) in [5.41, 5.74) is 16.0. The summed E-state index contributed by atoms with van der Waals surface area (Å²) >= 11 is 1.89. The molecule has 0 unspecified atom stereocenters. The molecule has 2 heteroatoms. The molecular weight excluding hydrogens is 779 g/mol. The van der Waals surface area contributed by atoms with E-state index < -0.39 is 5.41 Å². The van der Waals surface area contributed by atoms with Gasteiger partial charge in [0.1, 0.15) is 0 Å². The summed E-state index contributed by atoms with van der Waals surface area (Å²) in [6.07, 6.45) is 0. The van der Waals surface area contributed by atoms with Crippen LogP contribution in [0.1, 0.15) is 22.3 Å². The Hall–Kier alpha value is -7.78. The molecule has 1 heterocycles. The number of hydrogen-bond acceptors (Lipinski definition) is 2. The van der Waals surface area contributed by atoms with Gasteiger partial charge < -0.3 is 4.90 Å². The van der Waals surface area contributed by atoms with Crippen molar-refractivity contribution in [2.45, 2.75) is 5.41 Å². The zero-order valence-electron chi connectivity index (χ0n) is 34.2. The van der Waals surface area contributed by atoms with E-state index in [1.165, 1.54) is 108 Å². The number of fused-ring (bicyclic) bond motifs is 19. The summed E-state index contributed by atoms with van der Waals surface area (Å²) in [5.74, 6) is 0. The molecule has 14 rings (SSSR count). The van der Waals surface area contributed by atoms with Crippen molar-refractivity contribution in [1.29, 1.82) is 0 Å². The predicted octanol–water partition coefficient (Wildman–Crippen LogP) is 17.0. The fourth-order valence-electron chi connectivity index (χ4n) is 11.5. The van der Waals surface area contributed by atoms with Crippen LogP contribution in [0.2, 0.25) is 0 Å². The van der Waals surface area contributed by atoms with Gasteiger partial charge in [-0.15, -0.1) is 11.3 Å². The maximum atomic E-state index is 2.50. The van der Waals surface area contributed by atoms with Gasteiger partial charge >= 0.3 is 0 Å². The van der Waals surface area contributed by atoms with E-state index in [2.05, 4.69) is 229 Å². The van der Waals surface area contributed by atoms with Crippen LogP contribution < -0.4 is 4.90 Å². The Kier molecular flexibility index (Phi) is 7.26. The Morgan fingerprint density at radius 1 is 0.286 bits per heavy atom. The monoisotopic (exact) mass is 815 g/mol. The molecule has 0 saturated heterocycles. The van der Waals surface area contributed by atoms with E-state index in [1.54, 1.807) is 0 Å². The first kappa shape index (κ1) is 34.9. The minimum atomic E-state index is -0.438. The molecule has 1 nitrogen and oxygen atoms in total. The molecule has 0 saturated carbocycles. The first-order valence-corrected chi connectivity index (χ1v) is 22.7. The van der Waals surface area contributed by atoms with Crippen molar-refractivity contribution in [2.75, 3.05) is 4.90 Å². The van der Waals surface area contributed by atoms with Gasteiger partial charge in [-0.3, -0.25) is 0 Å². The zero-order valence-corrected chi connectivity index (χ0v) is 35.0. The summed E-state index contributed by atoms with van der Waals surface area (Å²) in [6, 6.07) is 84.1. The van der Waals surface area contributed by atoms with Crippen molar-refractivity contribution < 1.29 is 0 Å². The Bertz CT molecular complexity index is 3770. The number of benzene rings is 11. The summed E-state index contributed by atoms with van der Waals surface area (Å²) < 4.78 is 2.65. The SMILES string of the molecule is c1ccc2c(c1)-c1ccccc1C21c2ccccc2-c2ccc(N(c3ccc(-c4cccc5c4sc4ccccc45)cc3)c3ccc4c5ccccc5c5ccccc5c4c3)cc21. The van der Waals surface area contributed by atoms with Gasteiger partial charge in [-0.25, -0.2) is 0 Å². The van der Waals surface area contributed by atoms with Crippen molar-refractivity contribution in [1.82, 2.24) is 0 Å². The highest BCUT2D eigenvalue weighted by Crippen LogP contribution is 2.63. The summed E-state index contributed by atoms with van der Waals surface area (Å²) in [7, 11) is 0. The van der Waals surface area contributed by atoms with Crippen LogP contribution in [0.4, 0.5) is 17.1 Å². The Morgan fingerprint density at radius 3 is 1.37 bits per heavy atom. The van der Waals surface area contributed by atoms with Crippen molar-refractivity contribution >= 4 is 80.9 Å². The molecule has 0 fully saturated rings. The molecule has 12 aromatic rings. The smallest absolute Gasteiger partial charge is 0.0726 e. The third-order valence-corrected chi connectivity index (χ3v) is 15.3. The third-order valence-electron chi connectivity index (χ3n) is 14.1. The fourth-order valence-corrected chi connectivity index (χ4v) is 12.7. The van der Waals surface area contributed by atoms with E-state index in [4.69, 9.17) is 0 Å². The normalized spacial score (nSPS) is 13.2. The van der Waals surface area contributed by atoms with Crippen LogP contribution in [-0.2, 0) is 5.41 Å². The number of rotatable bonds is 4. The van der Waals surface area contributed by atoms with E-state index in [9.17, 15) is 0 Å². The molecule has 11 aromatic carbocycles. The highest BCUT2D eigenvalue weighted by Gasteiger charge is 2.51. The molecule has 0 radical (unpaired) electrons. The Balaban J connectivity index is 1.01. The van der Waals surface area contributed by atoms with Gasteiger partial charge in [-0.2, -0.15) is 0 Å². The van der Waals surface area contributed by atoms with Crippen LogP contribution in [0.3, 0.4) is 0 Å². The summed E-state index contributed by atoms with van der Waals surface area (Å²) in [5, 5.41) is 10.3. The van der Waals surface area contributed by atoms with Crippen molar-refractivity contribution in [3.05, 3.63) is 247 Å². The number of thiophene rings is 1. The first-order chi connectivity index (χ1) is 31.3. The largest absolute Gasteiger partial charge is 0.310 e. The van der Waals surface area contributed by atoms with Gasteiger partial charge in [0.2, 0.25) is 0 Å². The molecule has 292 valence electrons. The van der Waals surface area contributed by atoms with Gasteiger partial charge in [0.05, 0.1) is 5.41 Å². The maximum Gasteiger partial charge on any atom is 0.0726 e. The van der Waals surface area contributed by atoms with Crippen LogP contribution in [0, 0.1) is 0 Å². The molecule has 0 amide bonds. The van der Waals surface area contributed by atoms with Crippen LogP contribution in [0.5, 0.6) is 0 Å². The lowest BCUT2D eigenvalue weighted by atomic mass is 9.70. The Labute approximate surface area is 369 Å². The lowest BCUT2D eigenvalue weighted by molar-refractivity contribution is 0.793. The fraction of sp³-hybridized carbons (Fsp3) is 0.0164. The van der Waals surface area contributed by atoms with Gasteiger partial charge in [0.25, 0.3) is 0 Å². The molecule has 0 aliphatic heterocycles. The van der Waals surface area contributed by atoms with Crippen molar-refractivity contribution in [3.8, 4) is 33.4 Å².